The number of carboxylic acids is 1. The molecule has 82 valence electrons. The third-order valence-electron chi connectivity index (χ3n) is 2.33. The molecule has 0 amide bonds. The van der Waals surface area contributed by atoms with Gasteiger partial charge in [-0.1, -0.05) is 0 Å². The van der Waals surface area contributed by atoms with Crippen molar-refractivity contribution in [2.45, 2.75) is 20.0 Å². The molecule has 0 aliphatic rings. The summed E-state index contributed by atoms with van der Waals surface area (Å²) >= 11 is 3.09. The first-order valence-corrected chi connectivity index (χ1v) is 5.05. The minimum Gasteiger partial charge on any atom is -0.506 e. The van der Waals surface area contributed by atoms with Crippen LogP contribution in [0.25, 0.3) is 0 Å². The lowest BCUT2D eigenvalue weighted by Crippen LogP contribution is -2.12. The number of halogens is 1. The smallest absolute Gasteiger partial charge is 0.337 e. The number of hydrogen-bond donors (Lipinski definition) is 3. The lowest BCUT2D eigenvalue weighted by atomic mass is 9.98. The average molecular weight is 275 g/mol. The summed E-state index contributed by atoms with van der Waals surface area (Å²) in [7, 11) is 0. The molecule has 0 saturated heterocycles. The van der Waals surface area contributed by atoms with Crippen LogP contribution in [0.4, 0.5) is 0 Å². The first-order valence-electron chi connectivity index (χ1n) is 4.25. The van der Waals surface area contributed by atoms with Crippen molar-refractivity contribution in [3.8, 4) is 5.75 Å². The number of benzene rings is 1. The number of phenols is 1. The lowest BCUT2D eigenvalue weighted by molar-refractivity contribution is -0.147. The Labute approximate surface area is 95.3 Å². The molecule has 0 bridgehead atoms. The molecular formula is C10H11BrO4. The number of aryl methyl sites for hydroxylation is 1. The van der Waals surface area contributed by atoms with Gasteiger partial charge in [0.15, 0.2) is 6.10 Å². The van der Waals surface area contributed by atoms with Crippen LogP contribution < -0.4 is 0 Å². The largest absolute Gasteiger partial charge is 0.506 e. The van der Waals surface area contributed by atoms with Crippen LogP contribution in [0.1, 0.15) is 22.8 Å². The summed E-state index contributed by atoms with van der Waals surface area (Å²) in [6.07, 6.45) is -1.71. The molecule has 0 fully saturated rings. The number of aromatic hydroxyl groups is 1. The molecule has 0 heterocycles. The molecule has 1 aromatic carbocycles. The number of carbonyl (C=O) groups is 1. The zero-order valence-electron chi connectivity index (χ0n) is 8.28. The highest BCUT2D eigenvalue weighted by molar-refractivity contribution is 9.10. The van der Waals surface area contributed by atoms with Crippen molar-refractivity contribution >= 4 is 21.9 Å². The molecular weight excluding hydrogens is 264 g/mol. The number of hydrogen-bond acceptors (Lipinski definition) is 3. The van der Waals surface area contributed by atoms with Gasteiger partial charge in [-0.15, -0.1) is 0 Å². The first-order chi connectivity index (χ1) is 6.86. The van der Waals surface area contributed by atoms with Gasteiger partial charge in [-0.3, -0.25) is 0 Å². The molecule has 1 rings (SSSR count). The summed E-state index contributed by atoms with van der Waals surface area (Å²) in [4.78, 5) is 10.7. The summed E-state index contributed by atoms with van der Waals surface area (Å²) in [6.45, 7) is 3.43. The minimum absolute atomic E-state index is 0.0365. The summed E-state index contributed by atoms with van der Waals surface area (Å²) in [5.41, 5.74) is 1.41. The summed E-state index contributed by atoms with van der Waals surface area (Å²) in [5.74, 6) is -1.61. The van der Waals surface area contributed by atoms with Crippen LogP contribution in [0.3, 0.4) is 0 Å². The van der Waals surface area contributed by atoms with Crippen LogP contribution >= 0.6 is 15.9 Å². The molecule has 1 atom stereocenters. The van der Waals surface area contributed by atoms with E-state index in [0.717, 1.165) is 5.56 Å². The Balaban J connectivity index is 3.45. The van der Waals surface area contributed by atoms with E-state index in [-0.39, 0.29) is 11.3 Å². The second-order valence-corrected chi connectivity index (χ2v) is 4.16. The maximum Gasteiger partial charge on any atom is 0.337 e. The van der Waals surface area contributed by atoms with Crippen molar-refractivity contribution in [2.24, 2.45) is 0 Å². The number of phenolic OH excluding ortho intramolecular Hbond substituents is 1. The Morgan fingerprint density at radius 3 is 2.47 bits per heavy atom. The van der Waals surface area contributed by atoms with Gasteiger partial charge >= 0.3 is 5.97 Å². The Hall–Kier alpha value is -1.07. The van der Waals surface area contributed by atoms with E-state index in [1.165, 1.54) is 0 Å². The van der Waals surface area contributed by atoms with Crippen LogP contribution in [0.15, 0.2) is 10.5 Å². The van der Waals surface area contributed by atoms with Crippen molar-refractivity contribution in [2.75, 3.05) is 0 Å². The lowest BCUT2D eigenvalue weighted by Gasteiger charge is -2.15. The number of aliphatic hydroxyl groups excluding tert-OH is 1. The highest BCUT2D eigenvalue weighted by atomic mass is 79.9. The quantitative estimate of drug-likeness (QED) is 0.770. The van der Waals surface area contributed by atoms with Crippen molar-refractivity contribution in [1.29, 1.82) is 0 Å². The van der Waals surface area contributed by atoms with E-state index in [1.807, 2.05) is 0 Å². The van der Waals surface area contributed by atoms with E-state index in [9.17, 15) is 15.0 Å². The molecule has 0 aliphatic carbocycles. The van der Waals surface area contributed by atoms with E-state index >= 15 is 0 Å². The van der Waals surface area contributed by atoms with Gasteiger partial charge in [-0.2, -0.15) is 0 Å². The maximum atomic E-state index is 10.7. The molecule has 1 aromatic rings. The monoisotopic (exact) mass is 274 g/mol. The van der Waals surface area contributed by atoms with E-state index in [2.05, 4.69) is 15.9 Å². The van der Waals surface area contributed by atoms with Gasteiger partial charge in [0.1, 0.15) is 5.75 Å². The fourth-order valence-corrected chi connectivity index (χ4v) is 1.90. The first kappa shape index (κ1) is 12.0. The number of rotatable bonds is 2. The van der Waals surface area contributed by atoms with Crippen LogP contribution in [-0.2, 0) is 4.79 Å². The zero-order valence-corrected chi connectivity index (χ0v) is 9.87. The summed E-state index contributed by atoms with van der Waals surface area (Å²) in [6, 6.07) is 1.67. The zero-order chi connectivity index (χ0) is 11.7. The fourth-order valence-electron chi connectivity index (χ4n) is 1.34. The van der Waals surface area contributed by atoms with Gasteiger partial charge < -0.3 is 15.3 Å². The number of aliphatic hydroxyl groups is 1. The SMILES string of the molecule is Cc1cc(Br)c(O)c(C(O)C(=O)O)c1C. The normalized spacial score (nSPS) is 12.5. The van der Waals surface area contributed by atoms with Crippen molar-refractivity contribution < 1.29 is 20.1 Å². The van der Waals surface area contributed by atoms with Gasteiger partial charge in [0.05, 0.1) is 4.47 Å². The van der Waals surface area contributed by atoms with E-state index in [1.54, 1.807) is 19.9 Å². The van der Waals surface area contributed by atoms with E-state index in [4.69, 9.17) is 5.11 Å². The predicted molar refractivity (Wildman–Crippen MR) is 57.9 cm³/mol. The summed E-state index contributed by atoms with van der Waals surface area (Å²) < 4.78 is 0.376. The average Bonchev–Trinajstić information content (AvgIpc) is 2.15. The minimum atomic E-state index is -1.71. The second-order valence-electron chi connectivity index (χ2n) is 3.30. The standard InChI is InChI=1S/C10H11BrO4/c1-4-3-6(11)8(12)7(5(4)2)9(13)10(14)15/h3,9,12-13H,1-2H3,(H,14,15). The molecule has 0 saturated carbocycles. The number of carboxylic acid groups (broad SMARTS) is 1. The Morgan fingerprint density at radius 1 is 1.47 bits per heavy atom. The molecule has 0 aliphatic heterocycles. The topological polar surface area (TPSA) is 77.8 Å². The van der Waals surface area contributed by atoms with Crippen LogP contribution in [0, 0.1) is 13.8 Å². The molecule has 4 nitrogen and oxygen atoms in total. The second kappa shape index (κ2) is 4.20. The van der Waals surface area contributed by atoms with Crippen LogP contribution in [0.2, 0.25) is 0 Å². The van der Waals surface area contributed by atoms with Crippen molar-refractivity contribution in [3.63, 3.8) is 0 Å². The molecule has 5 heteroatoms. The third-order valence-corrected chi connectivity index (χ3v) is 2.93. The maximum absolute atomic E-state index is 10.7. The van der Waals surface area contributed by atoms with Crippen molar-refractivity contribution in [3.05, 3.63) is 27.2 Å². The van der Waals surface area contributed by atoms with Gasteiger partial charge in [-0.25, -0.2) is 4.79 Å². The summed E-state index contributed by atoms with van der Waals surface area (Å²) in [5, 5.41) is 27.8. The predicted octanol–water partition coefficient (Wildman–Crippen LogP) is 1.89. The fraction of sp³-hybridized carbons (Fsp3) is 0.300. The van der Waals surface area contributed by atoms with Crippen molar-refractivity contribution in [1.82, 2.24) is 0 Å². The number of aliphatic carboxylic acids is 1. The Kier molecular flexibility index (Phi) is 3.36. The van der Waals surface area contributed by atoms with E-state index in [0.29, 0.717) is 10.0 Å². The van der Waals surface area contributed by atoms with Gasteiger partial charge in [0.25, 0.3) is 0 Å². The Bertz CT molecular complexity index is 388. The molecule has 0 spiro atoms. The highest BCUT2D eigenvalue weighted by Crippen LogP contribution is 2.36. The highest BCUT2D eigenvalue weighted by Gasteiger charge is 2.24. The van der Waals surface area contributed by atoms with Crippen LogP contribution in [0.5, 0.6) is 5.75 Å². The third kappa shape index (κ3) is 2.13. The Morgan fingerprint density at radius 2 is 2.00 bits per heavy atom. The molecule has 3 N–H and O–H groups in total. The van der Waals surface area contributed by atoms with Gasteiger partial charge in [0.2, 0.25) is 0 Å². The van der Waals surface area contributed by atoms with Gasteiger partial charge in [0, 0.05) is 5.56 Å². The van der Waals surface area contributed by atoms with Crippen LogP contribution in [-0.4, -0.2) is 21.3 Å². The molecule has 0 radical (unpaired) electrons. The molecule has 0 aromatic heterocycles. The van der Waals surface area contributed by atoms with Gasteiger partial charge in [-0.05, 0) is 47.0 Å². The molecule has 1 unspecified atom stereocenters. The molecule has 15 heavy (non-hydrogen) atoms. The van der Waals surface area contributed by atoms with E-state index < -0.39 is 12.1 Å².